The lowest BCUT2D eigenvalue weighted by atomic mass is 9.53. The van der Waals surface area contributed by atoms with Gasteiger partial charge in [-0.15, -0.1) is 21.5 Å². The van der Waals surface area contributed by atoms with Crippen LogP contribution in [0.15, 0.2) is 22.7 Å². The molecule has 2 heterocycles. The zero-order chi connectivity index (χ0) is 20.7. The van der Waals surface area contributed by atoms with Gasteiger partial charge in [-0.3, -0.25) is 10.1 Å². The summed E-state index contributed by atoms with van der Waals surface area (Å²) in [4.78, 5) is 26.1. The van der Waals surface area contributed by atoms with Gasteiger partial charge in [-0.2, -0.15) is 0 Å². The van der Waals surface area contributed by atoms with Crippen molar-refractivity contribution in [3.8, 4) is 0 Å². The van der Waals surface area contributed by atoms with Crippen molar-refractivity contribution in [3.05, 3.63) is 28.2 Å². The van der Waals surface area contributed by atoms with Gasteiger partial charge >= 0.3 is 6.03 Å². The number of urea groups is 1. The summed E-state index contributed by atoms with van der Waals surface area (Å²) in [5.74, 6) is 2.95. The Kier molecular flexibility index (Phi) is 5.35. The van der Waals surface area contributed by atoms with E-state index in [2.05, 4.69) is 26.9 Å². The summed E-state index contributed by atoms with van der Waals surface area (Å²) in [6.07, 6.45) is 7.91. The van der Waals surface area contributed by atoms with Crippen molar-refractivity contribution >= 4 is 35.0 Å². The van der Waals surface area contributed by atoms with Gasteiger partial charge in [0.15, 0.2) is 5.16 Å². The lowest BCUT2D eigenvalue weighted by molar-refractivity contribution is -0.117. The summed E-state index contributed by atoms with van der Waals surface area (Å²) in [5, 5.41) is 16.9. The van der Waals surface area contributed by atoms with Gasteiger partial charge in [-0.1, -0.05) is 17.8 Å². The molecule has 2 aromatic heterocycles. The number of nitrogens with one attached hydrogen (secondary N) is 2. The highest BCUT2D eigenvalue weighted by Crippen LogP contribution is 2.55. The van der Waals surface area contributed by atoms with Crippen LogP contribution in [0.1, 0.15) is 49.2 Å². The van der Waals surface area contributed by atoms with E-state index in [1.165, 1.54) is 35.9 Å². The van der Waals surface area contributed by atoms with Gasteiger partial charge in [-0.25, -0.2) is 4.79 Å². The number of hydrogen-bond donors (Lipinski definition) is 2. The molecule has 2 aromatic rings. The molecule has 0 radical (unpaired) electrons. The van der Waals surface area contributed by atoms with Crippen LogP contribution in [0.4, 0.5) is 4.79 Å². The Labute approximate surface area is 184 Å². The topological polar surface area (TPSA) is 88.9 Å². The van der Waals surface area contributed by atoms with E-state index in [0.717, 1.165) is 49.3 Å². The van der Waals surface area contributed by atoms with Crippen LogP contribution in [0.3, 0.4) is 0 Å². The Bertz CT molecular complexity index is 904. The number of hydrogen-bond acceptors (Lipinski definition) is 6. The standard InChI is InChI=1S/C21H27N5O2S2/c1-26-17(8-16-3-2-4-29-16)24-25-20(26)30-12-18(27)22-19(28)23-21-9-13-5-14(10-21)7-15(6-13)11-21/h2-4,13-15H,5-12H2,1H3,(H2,22,23,27,28). The van der Waals surface area contributed by atoms with E-state index in [9.17, 15) is 9.59 Å². The predicted octanol–water partition coefficient (Wildman–Crippen LogP) is 3.35. The van der Waals surface area contributed by atoms with Crippen LogP contribution in [0, 0.1) is 17.8 Å². The van der Waals surface area contributed by atoms with Crippen molar-refractivity contribution in [2.24, 2.45) is 24.8 Å². The molecule has 0 atom stereocenters. The highest BCUT2D eigenvalue weighted by atomic mass is 32.2. The van der Waals surface area contributed by atoms with Crippen molar-refractivity contribution in [1.82, 2.24) is 25.4 Å². The van der Waals surface area contributed by atoms with Crippen LogP contribution < -0.4 is 10.6 Å². The molecular formula is C21H27N5O2S2. The maximum Gasteiger partial charge on any atom is 0.321 e. The Hall–Kier alpha value is -1.87. The van der Waals surface area contributed by atoms with Gasteiger partial charge in [0, 0.05) is 23.9 Å². The maximum atomic E-state index is 12.5. The quantitative estimate of drug-likeness (QED) is 0.666. The summed E-state index contributed by atoms with van der Waals surface area (Å²) < 4.78 is 1.91. The second kappa shape index (κ2) is 8.00. The van der Waals surface area contributed by atoms with Crippen LogP contribution in [0.25, 0.3) is 0 Å². The lowest BCUT2D eigenvalue weighted by Crippen LogP contribution is -2.61. The molecule has 4 fully saturated rings. The number of rotatable bonds is 6. The minimum absolute atomic E-state index is 0.0907. The van der Waals surface area contributed by atoms with E-state index in [1.54, 1.807) is 11.3 Å². The van der Waals surface area contributed by atoms with E-state index in [0.29, 0.717) is 5.16 Å². The highest BCUT2D eigenvalue weighted by molar-refractivity contribution is 7.99. The second-order valence-electron chi connectivity index (χ2n) is 9.20. The number of amides is 3. The Morgan fingerprint density at radius 3 is 2.53 bits per heavy atom. The number of nitrogens with zero attached hydrogens (tertiary/aromatic N) is 3. The molecule has 0 aliphatic heterocycles. The molecule has 0 spiro atoms. The first kappa shape index (κ1) is 20.1. The van der Waals surface area contributed by atoms with E-state index in [-0.39, 0.29) is 23.2 Å². The Morgan fingerprint density at radius 2 is 1.90 bits per heavy atom. The molecule has 30 heavy (non-hydrogen) atoms. The van der Waals surface area contributed by atoms with E-state index >= 15 is 0 Å². The summed E-state index contributed by atoms with van der Waals surface area (Å²) in [6.45, 7) is 0. The van der Waals surface area contributed by atoms with E-state index < -0.39 is 0 Å². The number of carbonyl (C=O) groups excluding carboxylic acids is 2. The average molecular weight is 446 g/mol. The molecule has 6 rings (SSSR count). The summed E-state index contributed by atoms with van der Waals surface area (Å²) in [5.41, 5.74) is -0.0907. The van der Waals surface area contributed by atoms with E-state index in [4.69, 9.17) is 0 Å². The van der Waals surface area contributed by atoms with Crippen molar-refractivity contribution in [3.63, 3.8) is 0 Å². The number of thiophene rings is 1. The van der Waals surface area contributed by atoms with Crippen molar-refractivity contribution in [1.29, 1.82) is 0 Å². The first-order chi connectivity index (χ1) is 14.5. The van der Waals surface area contributed by atoms with Crippen LogP contribution in [0.5, 0.6) is 0 Å². The number of thioether (sulfide) groups is 1. The minimum atomic E-state index is -0.348. The number of carbonyl (C=O) groups is 2. The molecule has 4 bridgehead atoms. The normalized spacial score (nSPS) is 29.2. The van der Waals surface area contributed by atoms with Crippen molar-refractivity contribution < 1.29 is 9.59 Å². The fraction of sp³-hybridized carbons (Fsp3) is 0.619. The summed E-state index contributed by atoms with van der Waals surface area (Å²) in [6, 6.07) is 3.74. The van der Waals surface area contributed by atoms with Gasteiger partial charge < -0.3 is 9.88 Å². The first-order valence-electron chi connectivity index (χ1n) is 10.6. The first-order valence-corrected chi connectivity index (χ1v) is 12.5. The lowest BCUT2D eigenvalue weighted by Gasteiger charge is -2.56. The van der Waals surface area contributed by atoms with Crippen LogP contribution in [-0.2, 0) is 18.3 Å². The molecule has 160 valence electrons. The monoisotopic (exact) mass is 445 g/mol. The second-order valence-corrected chi connectivity index (χ2v) is 11.2. The third-order valence-electron chi connectivity index (χ3n) is 6.84. The Morgan fingerprint density at radius 1 is 1.20 bits per heavy atom. The summed E-state index contributed by atoms with van der Waals surface area (Å²) in [7, 11) is 1.91. The minimum Gasteiger partial charge on any atom is -0.332 e. The largest absolute Gasteiger partial charge is 0.332 e. The maximum absolute atomic E-state index is 12.5. The van der Waals surface area contributed by atoms with Gasteiger partial charge in [0.1, 0.15) is 5.82 Å². The van der Waals surface area contributed by atoms with Crippen LogP contribution >= 0.6 is 23.1 Å². The van der Waals surface area contributed by atoms with Gasteiger partial charge in [0.2, 0.25) is 5.91 Å². The molecule has 9 heteroatoms. The molecular weight excluding hydrogens is 418 g/mol. The SMILES string of the molecule is Cn1c(Cc2cccs2)nnc1SCC(=O)NC(=O)NC12CC3CC(CC(C3)C1)C2. The molecule has 0 saturated heterocycles. The van der Waals surface area contributed by atoms with Crippen LogP contribution in [0.2, 0.25) is 0 Å². The zero-order valence-corrected chi connectivity index (χ0v) is 18.7. The molecule has 7 nitrogen and oxygen atoms in total. The fourth-order valence-electron chi connectivity index (χ4n) is 6.02. The smallest absolute Gasteiger partial charge is 0.321 e. The highest BCUT2D eigenvalue weighted by Gasteiger charge is 2.51. The van der Waals surface area contributed by atoms with E-state index in [1.807, 2.05) is 23.1 Å². The molecule has 4 aliphatic rings. The molecule has 3 amide bonds. The predicted molar refractivity (Wildman–Crippen MR) is 116 cm³/mol. The molecule has 2 N–H and O–H groups in total. The molecule has 0 unspecified atom stereocenters. The van der Waals surface area contributed by atoms with Gasteiger partial charge in [0.05, 0.1) is 5.75 Å². The van der Waals surface area contributed by atoms with Gasteiger partial charge in [0.25, 0.3) is 0 Å². The number of imide groups is 1. The number of aromatic nitrogens is 3. The van der Waals surface area contributed by atoms with Crippen molar-refractivity contribution in [2.45, 2.75) is 55.6 Å². The molecule has 0 aromatic carbocycles. The molecule has 4 saturated carbocycles. The molecule has 4 aliphatic carbocycles. The van der Waals surface area contributed by atoms with Gasteiger partial charge in [-0.05, 0) is 67.7 Å². The third-order valence-corrected chi connectivity index (χ3v) is 8.74. The summed E-state index contributed by atoms with van der Waals surface area (Å²) >= 11 is 2.99. The average Bonchev–Trinajstić information content (AvgIpc) is 3.29. The fourth-order valence-corrected chi connectivity index (χ4v) is 7.45. The zero-order valence-electron chi connectivity index (χ0n) is 17.1. The van der Waals surface area contributed by atoms with Crippen LogP contribution in [-0.4, -0.2) is 38.0 Å². The third kappa shape index (κ3) is 4.14. The Balaban J connectivity index is 1.12. The van der Waals surface area contributed by atoms with Crippen molar-refractivity contribution in [2.75, 3.05) is 5.75 Å².